The van der Waals surface area contributed by atoms with Gasteiger partial charge in [-0.25, -0.2) is 4.39 Å². The predicted molar refractivity (Wildman–Crippen MR) is 108 cm³/mol. The maximum atomic E-state index is 13.5. The van der Waals surface area contributed by atoms with Gasteiger partial charge in [0.2, 0.25) is 5.89 Å². The highest BCUT2D eigenvalue weighted by Gasteiger charge is 2.28. The topological polar surface area (TPSA) is 51.4 Å². The van der Waals surface area contributed by atoms with E-state index < -0.39 is 0 Å². The van der Waals surface area contributed by atoms with Crippen molar-refractivity contribution in [3.05, 3.63) is 83.3 Å². The molecule has 1 unspecified atom stereocenters. The minimum atomic E-state index is -0.202. The molecule has 0 spiro atoms. The van der Waals surface area contributed by atoms with Crippen molar-refractivity contribution < 1.29 is 13.7 Å². The van der Waals surface area contributed by atoms with Gasteiger partial charge in [-0.2, -0.15) is 4.98 Å². The van der Waals surface area contributed by atoms with Gasteiger partial charge in [-0.3, -0.25) is 4.90 Å². The number of piperidine rings is 1. The Labute approximate surface area is 170 Å². The molecule has 0 radical (unpaired) electrons. The van der Waals surface area contributed by atoms with Crippen LogP contribution in [-0.4, -0.2) is 28.2 Å². The fourth-order valence-electron chi connectivity index (χ4n) is 3.76. The Kier molecular flexibility index (Phi) is 6.64. The van der Waals surface area contributed by atoms with Crippen LogP contribution in [0.2, 0.25) is 0 Å². The SMILES string of the molecule is Fc1cccc(CN2CCCCC2c2nc(CCOCc3ccccc3)no2)c1. The van der Waals surface area contributed by atoms with E-state index in [1.54, 1.807) is 12.1 Å². The smallest absolute Gasteiger partial charge is 0.244 e. The van der Waals surface area contributed by atoms with Gasteiger partial charge in [0.05, 0.1) is 19.3 Å². The van der Waals surface area contributed by atoms with Gasteiger partial charge in [-0.05, 0) is 42.6 Å². The molecule has 5 nitrogen and oxygen atoms in total. The predicted octanol–water partition coefficient (Wildman–Crippen LogP) is 4.70. The zero-order chi connectivity index (χ0) is 19.9. The zero-order valence-corrected chi connectivity index (χ0v) is 16.5. The lowest BCUT2D eigenvalue weighted by atomic mass is 10.0. The van der Waals surface area contributed by atoms with Crippen molar-refractivity contribution in [2.45, 2.75) is 44.9 Å². The second-order valence-corrected chi connectivity index (χ2v) is 7.45. The van der Waals surface area contributed by atoms with Crippen LogP contribution in [0.25, 0.3) is 0 Å². The fourth-order valence-corrected chi connectivity index (χ4v) is 3.76. The molecular weight excluding hydrogens is 369 g/mol. The number of benzene rings is 2. The summed E-state index contributed by atoms with van der Waals surface area (Å²) in [6, 6.07) is 16.9. The van der Waals surface area contributed by atoms with Crippen LogP contribution in [0.4, 0.5) is 4.39 Å². The summed E-state index contributed by atoms with van der Waals surface area (Å²) in [5.41, 5.74) is 2.11. The van der Waals surface area contributed by atoms with Crippen molar-refractivity contribution in [1.82, 2.24) is 15.0 Å². The van der Waals surface area contributed by atoms with Crippen LogP contribution in [-0.2, 0) is 24.3 Å². The molecule has 1 fully saturated rings. The van der Waals surface area contributed by atoms with Crippen molar-refractivity contribution in [2.75, 3.05) is 13.2 Å². The third kappa shape index (κ3) is 5.49. The van der Waals surface area contributed by atoms with Gasteiger partial charge < -0.3 is 9.26 Å². The number of likely N-dealkylation sites (tertiary alicyclic amines) is 1. The van der Waals surface area contributed by atoms with E-state index in [-0.39, 0.29) is 11.9 Å². The van der Waals surface area contributed by atoms with Crippen LogP contribution in [0.15, 0.2) is 59.1 Å². The van der Waals surface area contributed by atoms with Gasteiger partial charge in [-0.1, -0.05) is 54.0 Å². The molecule has 1 atom stereocenters. The number of hydrogen-bond acceptors (Lipinski definition) is 5. The van der Waals surface area contributed by atoms with E-state index in [1.165, 1.54) is 6.07 Å². The fraction of sp³-hybridized carbons (Fsp3) is 0.391. The largest absolute Gasteiger partial charge is 0.376 e. The number of halogens is 1. The first-order chi connectivity index (χ1) is 14.3. The Morgan fingerprint density at radius 2 is 1.93 bits per heavy atom. The summed E-state index contributed by atoms with van der Waals surface area (Å²) in [7, 11) is 0. The van der Waals surface area contributed by atoms with E-state index in [0.717, 1.165) is 36.9 Å². The molecule has 4 rings (SSSR count). The minimum absolute atomic E-state index is 0.0819. The molecule has 29 heavy (non-hydrogen) atoms. The molecule has 2 heterocycles. The average molecular weight is 395 g/mol. The van der Waals surface area contributed by atoms with Crippen molar-refractivity contribution >= 4 is 0 Å². The molecule has 3 aromatic rings. The zero-order valence-electron chi connectivity index (χ0n) is 16.5. The molecule has 0 aliphatic carbocycles. The molecule has 152 valence electrons. The van der Waals surface area contributed by atoms with Crippen LogP contribution < -0.4 is 0 Å². The number of nitrogens with zero attached hydrogens (tertiary/aromatic N) is 3. The molecule has 0 N–H and O–H groups in total. The Bertz CT molecular complexity index is 900. The van der Waals surface area contributed by atoms with E-state index in [1.807, 2.05) is 36.4 Å². The number of aromatic nitrogens is 2. The maximum Gasteiger partial charge on any atom is 0.244 e. The van der Waals surface area contributed by atoms with Crippen LogP contribution in [0.1, 0.15) is 48.1 Å². The number of hydrogen-bond donors (Lipinski definition) is 0. The molecule has 1 aliphatic rings. The molecule has 0 bridgehead atoms. The minimum Gasteiger partial charge on any atom is -0.376 e. The third-order valence-electron chi connectivity index (χ3n) is 5.24. The van der Waals surface area contributed by atoms with Crippen LogP contribution in [0.5, 0.6) is 0 Å². The number of rotatable bonds is 8. The summed E-state index contributed by atoms with van der Waals surface area (Å²) in [5, 5.41) is 4.14. The Morgan fingerprint density at radius 3 is 2.79 bits per heavy atom. The van der Waals surface area contributed by atoms with Crippen molar-refractivity contribution in [2.24, 2.45) is 0 Å². The Balaban J connectivity index is 1.32. The summed E-state index contributed by atoms with van der Waals surface area (Å²) < 4.78 is 24.8. The highest BCUT2D eigenvalue weighted by molar-refractivity contribution is 5.17. The molecule has 1 aromatic heterocycles. The summed E-state index contributed by atoms with van der Waals surface area (Å²) in [5.74, 6) is 1.12. The first kappa shape index (κ1) is 19.7. The van der Waals surface area contributed by atoms with Crippen LogP contribution >= 0.6 is 0 Å². The summed E-state index contributed by atoms with van der Waals surface area (Å²) in [6.45, 7) is 2.75. The summed E-state index contributed by atoms with van der Waals surface area (Å²) in [4.78, 5) is 6.92. The van der Waals surface area contributed by atoms with E-state index in [4.69, 9.17) is 9.26 Å². The van der Waals surface area contributed by atoms with Gasteiger partial charge in [0.25, 0.3) is 0 Å². The van der Waals surface area contributed by atoms with Gasteiger partial charge in [0.15, 0.2) is 5.82 Å². The third-order valence-corrected chi connectivity index (χ3v) is 5.24. The monoisotopic (exact) mass is 395 g/mol. The molecule has 6 heteroatoms. The standard InChI is InChI=1S/C23H26FN3O2/c24-20-10-6-9-19(15-20)16-27-13-5-4-11-21(27)23-25-22(26-29-23)12-14-28-17-18-7-2-1-3-8-18/h1-3,6-10,15,21H,4-5,11-14,16-17H2. The lowest BCUT2D eigenvalue weighted by Gasteiger charge is -2.33. The van der Waals surface area contributed by atoms with Crippen molar-refractivity contribution in [3.8, 4) is 0 Å². The normalized spacial score (nSPS) is 17.5. The lowest BCUT2D eigenvalue weighted by molar-refractivity contribution is 0.111. The average Bonchev–Trinajstić information content (AvgIpc) is 3.21. The summed E-state index contributed by atoms with van der Waals surface area (Å²) >= 11 is 0. The summed E-state index contributed by atoms with van der Waals surface area (Å²) in [6.07, 6.45) is 3.84. The molecule has 0 amide bonds. The second-order valence-electron chi connectivity index (χ2n) is 7.45. The molecular formula is C23H26FN3O2. The highest BCUT2D eigenvalue weighted by atomic mass is 19.1. The van der Waals surface area contributed by atoms with Gasteiger partial charge in [0.1, 0.15) is 5.82 Å². The van der Waals surface area contributed by atoms with E-state index >= 15 is 0 Å². The van der Waals surface area contributed by atoms with Crippen molar-refractivity contribution in [3.63, 3.8) is 0 Å². The Morgan fingerprint density at radius 1 is 1.07 bits per heavy atom. The quantitative estimate of drug-likeness (QED) is 0.518. The van der Waals surface area contributed by atoms with Gasteiger partial charge >= 0.3 is 0 Å². The molecule has 1 saturated heterocycles. The molecule has 2 aromatic carbocycles. The molecule has 1 aliphatic heterocycles. The lowest BCUT2D eigenvalue weighted by Crippen LogP contribution is -2.33. The van der Waals surface area contributed by atoms with Gasteiger partial charge in [-0.15, -0.1) is 0 Å². The van der Waals surface area contributed by atoms with Gasteiger partial charge in [0, 0.05) is 13.0 Å². The van der Waals surface area contributed by atoms with E-state index in [0.29, 0.717) is 37.9 Å². The first-order valence-electron chi connectivity index (χ1n) is 10.2. The first-order valence-corrected chi connectivity index (χ1v) is 10.2. The highest BCUT2D eigenvalue weighted by Crippen LogP contribution is 2.31. The van der Waals surface area contributed by atoms with Crippen molar-refractivity contribution in [1.29, 1.82) is 0 Å². The second kappa shape index (κ2) is 9.76. The number of ether oxygens (including phenoxy) is 1. The van der Waals surface area contributed by atoms with Crippen LogP contribution in [0.3, 0.4) is 0 Å². The Hall–Kier alpha value is -2.57. The molecule has 0 saturated carbocycles. The maximum absolute atomic E-state index is 13.5. The van der Waals surface area contributed by atoms with E-state index in [9.17, 15) is 4.39 Å². The van der Waals surface area contributed by atoms with E-state index in [2.05, 4.69) is 15.0 Å². The van der Waals surface area contributed by atoms with Crippen LogP contribution in [0, 0.1) is 5.82 Å².